The van der Waals surface area contributed by atoms with Crippen LogP contribution in [0.4, 0.5) is 0 Å². The number of hydrogen-bond donors (Lipinski definition) is 1. The van der Waals surface area contributed by atoms with Crippen LogP contribution in [-0.4, -0.2) is 30.6 Å². The molecule has 2 atom stereocenters. The van der Waals surface area contributed by atoms with Gasteiger partial charge in [-0.05, 0) is 41.8 Å². The van der Waals surface area contributed by atoms with E-state index in [1.165, 1.54) is 24.1 Å². The van der Waals surface area contributed by atoms with Crippen LogP contribution in [0.1, 0.15) is 57.6 Å². The van der Waals surface area contributed by atoms with E-state index in [0.29, 0.717) is 12.0 Å². The van der Waals surface area contributed by atoms with E-state index in [4.69, 9.17) is 5.73 Å². The summed E-state index contributed by atoms with van der Waals surface area (Å²) < 4.78 is 0. The number of likely N-dealkylation sites (tertiary alicyclic amines) is 1. The summed E-state index contributed by atoms with van der Waals surface area (Å²) in [5.74, 6) is 0.597. The van der Waals surface area contributed by atoms with Gasteiger partial charge in [0, 0.05) is 19.1 Å². The van der Waals surface area contributed by atoms with E-state index in [-0.39, 0.29) is 5.41 Å². The lowest BCUT2D eigenvalue weighted by Crippen LogP contribution is -2.46. The van der Waals surface area contributed by atoms with E-state index in [2.05, 4.69) is 56.9 Å². The Balaban J connectivity index is 2.10. The number of hydrogen-bond acceptors (Lipinski definition) is 2. The van der Waals surface area contributed by atoms with E-state index in [1.807, 2.05) is 0 Å². The molecule has 2 nitrogen and oxygen atoms in total. The zero-order valence-electron chi connectivity index (χ0n) is 13.5. The molecule has 0 aromatic heterocycles. The molecular weight excluding hydrogens is 244 g/mol. The van der Waals surface area contributed by atoms with Crippen molar-refractivity contribution in [2.75, 3.05) is 19.6 Å². The Bertz CT molecular complexity index is 416. The predicted molar refractivity (Wildman–Crippen MR) is 87.2 cm³/mol. The van der Waals surface area contributed by atoms with E-state index < -0.39 is 0 Å². The van der Waals surface area contributed by atoms with E-state index in [1.54, 1.807) is 0 Å². The van der Waals surface area contributed by atoms with Gasteiger partial charge in [0.25, 0.3) is 0 Å². The second kappa shape index (κ2) is 6.28. The van der Waals surface area contributed by atoms with Crippen LogP contribution in [0.15, 0.2) is 24.3 Å². The first-order chi connectivity index (χ1) is 9.40. The van der Waals surface area contributed by atoms with Gasteiger partial charge in [-0.1, -0.05) is 52.0 Å². The van der Waals surface area contributed by atoms with Crippen LogP contribution in [0, 0.1) is 0 Å². The highest BCUT2D eigenvalue weighted by Gasteiger charge is 2.26. The largest absolute Gasteiger partial charge is 0.327 e. The second-order valence-electron chi connectivity index (χ2n) is 7.32. The van der Waals surface area contributed by atoms with Gasteiger partial charge in [0.15, 0.2) is 0 Å². The molecule has 1 heterocycles. The Morgan fingerprint density at radius 2 is 1.80 bits per heavy atom. The van der Waals surface area contributed by atoms with Gasteiger partial charge in [0.05, 0.1) is 0 Å². The Hall–Kier alpha value is -0.860. The minimum absolute atomic E-state index is 0.232. The molecule has 1 aliphatic rings. The highest BCUT2D eigenvalue weighted by molar-refractivity contribution is 5.30. The molecule has 0 bridgehead atoms. The Morgan fingerprint density at radius 1 is 1.15 bits per heavy atom. The van der Waals surface area contributed by atoms with Gasteiger partial charge in [-0.15, -0.1) is 0 Å². The Kier molecular flexibility index (Phi) is 4.87. The maximum atomic E-state index is 6.24. The summed E-state index contributed by atoms with van der Waals surface area (Å²) in [6.07, 6.45) is 2.33. The summed E-state index contributed by atoms with van der Waals surface area (Å²) >= 11 is 0. The molecular formula is C18H30N2. The molecule has 1 aromatic rings. The van der Waals surface area contributed by atoms with Crippen LogP contribution < -0.4 is 5.73 Å². The van der Waals surface area contributed by atoms with E-state index in [0.717, 1.165) is 19.5 Å². The molecule has 0 radical (unpaired) electrons. The van der Waals surface area contributed by atoms with Crippen molar-refractivity contribution in [1.29, 1.82) is 0 Å². The van der Waals surface area contributed by atoms with Gasteiger partial charge in [-0.25, -0.2) is 0 Å². The summed E-state index contributed by atoms with van der Waals surface area (Å²) in [4.78, 5) is 2.52. The van der Waals surface area contributed by atoms with Crippen molar-refractivity contribution < 1.29 is 0 Å². The lowest BCUT2D eigenvalue weighted by Gasteiger charge is -2.36. The van der Waals surface area contributed by atoms with Crippen molar-refractivity contribution >= 4 is 0 Å². The van der Waals surface area contributed by atoms with Crippen molar-refractivity contribution in [3.05, 3.63) is 35.4 Å². The van der Waals surface area contributed by atoms with Crippen molar-refractivity contribution in [3.63, 3.8) is 0 Å². The smallest absolute Gasteiger partial charge is 0.0174 e. The normalized spacial score (nSPS) is 24.9. The molecule has 0 aliphatic carbocycles. The van der Waals surface area contributed by atoms with E-state index >= 15 is 0 Å². The predicted octanol–water partition coefficient (Wildman–Crippen LogP) is 3.51. The molecule has 1 aliphatic heterocycles. The lowest BCUT2D eigenvalue weighted by atomic mass is 9.83. The van der Waals surface area contributed by atoms with Crippen LogP contribution in [0.3, 0.4) is 0 Å². The molecule has 1 aromatic carbocycles. The molecule has 2 unspecified atom stereocenters. The molecule has 1 saturated heterocycles. The summed E-state index contributed by atoms with van der Waals surface area (Å²) in [6, 6.07) is 9.53. The number of benzene rings is 1. The first-order valence-electron chi connectivity index (χ1n) is 7.98. The molecule has 0 amide bonds. The maximum absolute atomic E-state index is 6.24. The van der Waals surface area contributed by atoms with Crippen molar-refractivity contribution in [2.24, 2.45) is 5.73 Å². The van der Waals surface area contributed by atoms with Gasteiger partial charge < -0.3 is 10.6 Å². The molecule has 20 heavy (non-hydrogen) atoms. The van der Waals surface area contributed by atoms with Crippen molar-refractivity contribution in [2.45, 2.75) is 57.9 Å². The third kappa shape index (κ3) is 3.83. The number of piperidine rings is 1. The van der Waals surface area contributed by atoms with Crippen LogP contribution >= 0.6 is 0 Å². The van der Waals surface area contributed by atoms with Gasteiger partial charge in [0.1, 0.15) is 0 Å². The molecule has 112 valence electrons. The highest BCUT2D eigenvalue weighted by Crippen LogP contribution is 2.29. The van der Waals surface area contributed by atoms with Crippen LogP contribution in [-0.2, 0) is 5.41 Å². The molecule has 0 saturated carbocycles. The van der Waals surface area contributed by atoms with Crippen LogP contribution in [0.5, 0.6) is 0 Å². The highest BCUT2D eigenvalue weighted by atomic mass is 15.1. The van der Waals surface area contributed by atoms with E-state index in [9.17, 15) is 0 Å². The molecule has 2 rings (SSSR count). The van der Waals surface area contributed by atoms with Gasteiger partial charge >= 0.3 is 0 Å². The first kappa shape index (κ1) is 15.5. The average Bonchev–Trinajstić information content (AvgIpc) is 2.37. The van der Waals surface area contributed by atoms with Gasteiger partial charge in [-0.3, -0.25) is 0 Å². The molecule has 1 fully saturated rings. The summed E-state index contributed by atoms with van der Waals surface area (Å²) in [5.41, 5.74) is 9.33. The standard InChI is InChI=1S/C18H30N2/c1-5-10-20-12-15(11-17(19)13-20)14-6-8-16(9-7-14)18(2,3)4/h6-9,15,17H,5,10-13,19H2,1-4H3. The van der Waals surface area contributed by atoms with Crippen molar-refractivity contribution in [1.82, 2.24) is 4.90 Å². The van der Waals surface area contributed by atoms with Gasteiger partial charge in [0.2, 0.25) is 0 Å². The Labute approximate surface area is 124 Å². The quantitative estimate of drug-likeness (QED) is 0.914. The monoisotopic (exact) mass is 274 g/mol. The summed E-state index contributed by atoms with van der Waals surface area (Å²) in [7, 11) is 0. The minimum Gasteiger partial charge on any atom is -0.327 e. The third-order valence-electron chi connectivity index (χ3n) is 4.35. The number of nitrogens with two attached hydrogens (primary N) is 1. The van der Waals surface area contributed by atoms with Crippen molar-refractivity contribution in [3.8, 4) is 0 Å². The van der Waals surface area contributed by atoms with Crippen LogP contribution in [0.25, 0.3) is 0 Å². The molecule has 2 N–H and O–H groups in total. The zero-order valence-corrected chi connectivity index (χ0v) is 13.5. The second-order valence-corrected chi connectivity index (χ2v) is 7.32. The average molecular weight is 274 g/mol. The fourth-order valence-corrected chi connectivity index (χ4v) is 3.23. The fraction of sp³-hybridized carbons (Fsp3) is 0.667. The SMILES string of the molecule is CCCN1CC(N)CC(c2ccc(C(C)(C)C)cc2)C1. The molecule has 2 heteroatoms. The topological polar surface area (TPSA) is 29.3 Å². The zero-order chi connectivity index (χ0) is 14.8. The van der Waals surface area contributed by atoms with Gasteiger partial charge in [-0.2, -0.15) is 0 Å². The molecule has 0 spiro atoms. The third-order valence-corrected chi connectivity index (χ3v) is 4.35. The fourth-order valence-electron chi connectivity index (χ4n) is 3.23. The summed E-state index contributed by atoms with van der Waals surface area (Å²) in [5, 5.41) is 0. The first-order valence-corrected chi connectivity index (χ1v) is 7.98. The number of rotatable bonds is 3. The maximum Gasteiger partial charge on any atom is 0.0174 e. The number of nitrogens with zero attached hydrogens (tertiary/aromatic N) is 1. The summed E-state index contributed by atoms with van der Waals surface area (Å²) in [6.45, 7) is 12.4. The lowest BCUT2D eigenvalue weighted by molar-refractivity contribution is 0.189. The Morgan fingerprint density at radius 3 is 2.35 bits per heavy atom. The minimum atomic E-state index is 0.232. The van der Waals surface area contributed by atoms with Crippen LogP contribution in [0.2, 0.25) is 0 Å².